The maximum absolute atomic E-state index is 11.6. The molecular weight excluding hydrogens is 224 g/mol. The smallest absolute Gasteiger partial charge is 0.268 e. The van der Waals surface area contributed by atoms with Crippen molar-refractivity contribution in [2.45, 2.75) is 0 Å². The molecule has 17 heavy (non-hydrogen) atoms. The Kier molecular flexibility index (Phi) is 4.53. The Morgan fingerprint density at radius 3 is 2.76 bits per heavy atom. The zero-order valence-electron chi connectivity index (χ0n) is 9.60. The first kappa shape index (κ1) is 13.0. The van der Waals surface area contributed by atoms with Crippen LogP contribution in [0.1, 0.15) is 10.5 Å². The number of anilines is 1. The number of amides is 2. The number of hydrogen-bond acceptors (Lipinski definition) is 4. The van der Waals surface area contributed by atoms with Gasteiger partial charge in [0.15, 0.2) is 0 Å². The number of nitrogen functional groups attached to an aromatic ring is 1. The number of nitrogens with two attached hydrogens (primary N) is 2. The van der Waals surface area contributed by atoms with E-state index in [1.807, 2.05) is 0 Å². The van der Waals surface area contributed by atoms with E-state index in [2.05, 4.69) is 5.32 Å². The van der Waals surface area contributed by atoms with E-state index in [1.165, 1.54) is 0 Å². The second-order valence-electron chi connectivity index (χ2n) is 3.54. The molecule has 1 rings (SSSR count). The number of nitrogens with zero attached hydrogens (tertiary/aromatic N) is 1. The lowest BCUT2D eigenvalue weighted by Crippen LogP contribution is -2.29. The number of aryl methyl sites for hydroxylation is 1. The second-order valence-corrected chi connectivity index (χ2v) is 3.54. The summed E-state index contributed by atoms with van der Waals surface area (Å²) < 4.78 is 6.53. The molecule has 0 atom stereocenters. The third-order valence-corrected chi connectivity index (χ3v) is 2.04. The Labute approximate surface area is 98.7 Å². The fraction of sp³-hybridized carbons (Fsp3) is 0.400. The molecule has 1 aromatic rings. The van der Waals surface area contributed by atoms with Crippen LogP contribution >= 0.6 is 0 Å². The first-order chi connectivity index (χ1) is 8.00. The molecule has 0 unspecified atom stereocenters. The van der Waals surface area contributed by atoms with Gasteiger partial charge in [-0.15, -0.1) is 0 Å². The predicted molar refractivity (Wildman–Crippen MR) is 62.2 cm³/mol. The monoisotopic (exact) mass is 240 g/mol. The van der Waals surface area contributed by atoms with Crippen LogP contribution < -0.4 is 16.8 Å². The van der Waals surface area contributed by atoms with Crippen molar-refractivity contribution in [2.24, 2.45) is 12.8 Å². The summed E-state index contributed by atoms with van der Waals surface area (Å²) in [5.41, 5.74) is 11.4. The minimum absolute atomic E-state index is 0.146. The van der Waals surface area contributed by atoms with Crippen molar-refractivity contribution in [2.75, 3.05) is 25.5 Å². The van der Waals surface area contributed by atoms with Crippen molar-refractivity contribution < 1.29 is 14.3 Å². The van der Waals surface area contributed by atoms with Crippen LogP contribution in [0.3, 0.4) is 0 Å². The lowest BCUT2D eigenvalue weighted by Gasteiger charge is -2.05. The largest absolute Gasteiger partial charge is 0.397 e. The highest BCUT2D eigenvalue weighted by atomic mass is 16.5. The molecule has 0 aliphatic heterocycles. The van der Waals surface area contributed by atoms with Gasteiger partial charge in [-0.05, 0) is 6.07 Å². The van der Waals surface area contributed by atoms with E-state index in [4.69, 9.17) is 16.2 Å². The van der Waals surface area contributed by atoms with Gasteiger partial charge < -0.3 is 26.1 Å². The third kappa shape index (κ3) is 4.15. The number of carbonyl (C=O) groups excluding carboxylic acids is 2. The van der Waals surface area contributed by atoms with Crippen LogP contribution in [0.2, 0.25) is 0 Å². The summed E-state index contributed by atoms with van der Waals surface area (Å²) in [7, 11) is 1.73. The molecule has 0 saturated heterocycles. The molecule has 0 saturated carbocycles. The first-order valence-electron chi connectivity index (χ1n) is 5.07. The minimum atomic E-state index is -0.536. The highest BCUT2D eigenvalue weighted by molar-refractivity contribution is 5.93. The SMILES string of the molecule is Cn1cc(N)cc1C(=O)NCCOCC(N)=O. The van der Waals surface area contributed by atoms with E-state index in [-0.39, 0.29) is 19.1 Å². The quantitative estimate of drug-likeness (QED) is 0.544. The lowest BCUT2D eigenvalue weighted by atomic mass is 10.4. The van der Waals surface area contributed by atoms with E-state index in [0.717, 1.165) is 0 Å². The van der Waals surface area contributed by atoms with Gasteiger partial charge in [0, 0.05) is 19.8 Å². The van der Waals surface area contributed by atoms with Crippen molar-refractivity contribution in [3.8, 4) is 0 Å². The molecule has 0 bridgehead atoms. The standard InChI is InChI=1S/C10H16N4O3/c1-14-5-7(11)4-8(14)10(16)13-2-3-17-6-9(12)15/h4-5H,2-3,6,11H2,1H3,(H2,12,15)(H,13,16). The van der Waals surface area contributed by atoms with Gasteiger partial charge in [-0.1, -0.05) is 0 Å². The molecule has 0 aliphatic rings. The highest BCUT2D eigenvalue weighted by Crippen LogP contribution is 2.07. The van der Waals surface area contributed by atoms with Crippen molar-refractivity contribution in [3.63, 3.8) is 0 Å². The molecule has 7 heteroatoms. The number of carbonyl (C=O) groups is 2. The normalized spacial score (nSPS) is 10.2. The molecule has 0 spiro atoms. The topological polar surface area (TPSA) is 112 Å². The van der Waals surface area contributed by atoms with E-state index >= 15 is 0 Å². The molecule has 7 nitrogen and oxygen atoms in total. The third-order valence-electron chi connectivity index (χ3n) is 2.04. The Hall–Kier alpha value is -2.02. The fourth-order valence-corrected chi connectivity index (χ4v) is 1.32. The van der Waals surface area contributed by atoms with Gasteiger partial charge in [-0.3, -0.25) is 9.59 Å². The number of aromatic nitrogens is 1. The number of nitrogens with one attached hydrogen (secondary N) is 1. The number of rotatable bonds is 6. The van der Waals surface area contributed by atoms with Crippen LogP contribution in [0, 0.1) is 0 Å². The predicted octanol–water partition coefficient (Wildman–Crippen LogP) is -1.16. The summed E-state index contributed by atoms with van der Waals surface area (Å²) in [6.45, 7) is 0.388. The first-order valence-corrected chi connectivity index (χ1v) is 5.07. The Morgan fingerprint density at radius 2 is 2.24 bits per heavy atom. The van der Waals surface area contributed by atoms with Crippen molar-refractivity contribution in [1.82, 2.24) is 9.88 Å². The highest BCUT2D eigenvalue weighted by Gasteiger charge is 2.09. The number of hydrogen-bond donors (Lipinski definition) is 3. The van der Waals surface area contributed by atoms with E-state index in [0.29, 0.717) is 17.9 Å². The summed E-state index contributed by atoms with van der Waals surface area (Å²) in [4.78, 5) is 22.0. The van der Waals surface area contributed by atoms with Gasteiger partial charge in [0.05, 0.1) is 12.3 Å². The molecule has 1 heterocycles. The molecule has 5 N–H and O–H groups in total. The van der Waals surface area contributed by atoms with Crippen molar-refractivity contribution in [3.05, 3.63) is 18.0 Å². The fourth-order valence-electron chi connectivity index (χ4n) is 1.32. The summed E-state index contributed by atoms with van der Waals surface area (Å²) in [6.07, 6.45) is 1.65. The van der Waals surface area contributed by atoms with Crippen LogP contribution in [-0.4, -0.2) is 36.1 Å². The lowest BCUT2D eigenvalue weighted by molar-refractivity contribution is -0.122. The van der Waals surface area contributed by atoms with Gasteiger partial charge in [0.1, 0.15) is 12.3 Å². The van der Waals surface area contributed by atoms with Crippen LogP contribution in [0.25, 0.3) is 0 Å². The molecular formula is C10H16N4O3. The van der Waals surface area contributed by atoms with Gasteiger partial charge in [-0.2, -0.15) is 0 Å². The van der Waals surface area contributed by atoms with Gasteiger partial charge in [0.2, 0.25) is 5.91 Å². The van der Waals surface area contributed by atoms with Crippen LogP contribution in [-0.2, 0) is 16.6 Å². The van der Waals surface area contributed by atoms with Gasteiger partial charge >= 0.3 is 0 Å². The molecule has 0 aliphatic carbocycles. The second kappa shape index (κ2) is 5.90. The molecule has 1 aromatic heterocycles. The average Bonchev–Trinajstić information content (AvgIpc) is 2.56. The molecule has 0 radical (unpaired) electrons. The average molecular weight is 240 g/mol. The summed E-state index contributed by atoms with van der Waals surface area (Å²) >= 11 is 0. The van der Waals surface area contributed by atoms with E-state index in [9.17, 15) is 9.59 Å². The van der Waals surface area contributed by atoms with Crippen LogP contribution in [0.4, 0.5) is 5.69 Å². The number of primary amides is 1. The summed E-state index contributed by atoms with van der Waals surface area (Å²) in [5, 5.41) is 2.63. The molecule has 94 valence electrons. The van der Waals surface area contributed by atoms with Crippen molar-refractivity contribution >= 4 is 17.5 Å². The molecule has 2 amide bonds. The van der Waals surface area contributed by atoms with Gasteiger partial charge in [0.25, 0.3) is 5.91 Å². The Balaban J connectivity index is 2.30. The zero-order valence-corrected chi connectivity index (χ0v) is 9.60. The van der Waals surface area contributed by atoms with Gasteiger partial charge in [-0.25, -0.2) is 0 Å². The van der Waals surface area contributed by atoms with E-state index < -0.39 is 5.91 Å². The Morgan fingerprint density at radius 1 is 1.53 bits per heavy atom. The molecule has 0 aromatic carbocycles. The molecule has 0 fully saturated rings. The minimum Gasteiger partial charge on any atom is -0.397 e. The van der Waals surface area contributed by atoms with Crippen LogP contribution in [0.5, 0.6) is 0 Å². The maximum Gasteiger partial charge on any atom is 0.268 e. The maximum atomic E-state index is 11.6. The zero-order chi connectivity index (χ0) is 12.8. The van der Waals surface area contributed by atoms with E-state index in [1.54, 1.807) is 23.9 Å². The van der Waals surface area contributed by atoms with Crippen molar-refractivity contribution in [1.29, 1.82) is 0 Å². The van der Waals surface area contributed by atoms with Crippen LogP contribution in [0.15, 0.2) is 12.3 Å². The summed E-state index contributed by atoms with van der Waals surface area (Å²) in [5.74, 6) is -0.779. The number of ether oxygens (including phenoxy) is 1. The Bertz CT molecular complexity index is 414. The summed E-state index contributed by atoms with van der Waals surface area (Å²) in [6, 6.07) is 1.58.